The van der Waals surface area contributed by atoms with Crippen LogP contribution in [0.5, 0.6) is 0 Å². The molecule has 4 heteroatoms. The normalized spacial score (nSPS) is 11.6. The summed E-state index contributed by atoms with van der Waals surface area (Å²) in [7, 11) is 1.82. The minimum absolute atomic E-state index is 0.122. The number of amides is 1. The molecule has 0 spiro atoms. The molecule has 0 radical (unpaired) electrons. The smallest absolute Gasteiger partial charge is 0.306 e. The largest absolute Gasteiger partial charge is 0.481 e. The van der Waals surface area contributed by atoms with Gasteiger partial charge in [0.05, 0.1) is 5.92 Å². The summed E-state index contributed by atoms with van der Waals surface area (Å²) in [4.78, 5) is 24.1. The first-order valence-corrected chi connectivity index (χ1v) is 7.81. The van der Waals surface area contributed by atoms with Gasteiger partial charge in [-0.25, -0.2) is 0 Å². The summed E-state index contributed by atoms with van der Waals surface area (Å²) in [6.07, 6.45) is 3.84. The van der Waals surface area contributed by atoms with Gasteiger partial charge in [-0.3, -0.25) is 9.59 Å². The van der Waals surface area contributed by atoms with E-state index in [1.54, 1.807) is 11.8 Å². The second kappa shape index (κ2) is 12.9. The van der Waals surface area contributed by atoms with Crippen LogP contribution in [0.15, 0.2) is 0 Å². The number of rotatable bonds is 9. The maximum Gasteiger partial charge on any atom is 0.306 e. The van der Waals surface area contributed by atoms with Gasteiger partial charge in [-0.15, -0.1) is 0 Å². The molecule has 0 fully saturated rings. The molecule has 0 heterocycles. The maximum absolute atomic E-state index is 11.7. The molecule has 0 rings (SSSR count). The molecule has 0 bridgehead atoms. The fourth-order valence-corrected chi connectivity index (χ4v) is 1.74. The van der Waals surface area contributed by atoms with E-state index in [2.05, 4.69) is 13.8 Å². The molecule has 0 aromatic carbocycles. The van der Waals surface area contributed by atoms with E-state index < -0.39 is 5.97 Å². The van der Waals surface area contributed by atoms with Gasteiger partial charge in [-0.1, -0.05) is 34.6 Å². The zero-order valence-corrected chi connectivity index (χ0v) is 14.1. The van der Waals surface area contributed by atoms with Gasteiger partial charge in [-0.05, 0) is 31.6 Å². The highest BCUT2D eigenvalue weighted by molar-refractivity contribution is 5.76. The average Bonchev–Trinajstić information content (AvgIpc) is 2.39. The first kappa shape index (κ1) is 21.2. The molecule has 120 valence electrons. The lowest BCUT2D eigenvalue weighted by atomic mass is 10.0. The Morgan fingerprint density at radius 1 is 1.05 bits per heavy atom. The summed E-state index contributed by atoms with van der Waals surface area (Å²) >= 11 is 0. The average molecular weight is 287 g/mol. The Morgan fingerprint density at radius 2 is 1.60 bits per heavy atom. The van der Waals surface area contributed by atoms with Gasteiger partial charge in [0.15, 0.2) is 0 Å². The van der Waals surface area contributed by atoms with Crippen molar-refractivity contribution in [3.05, 3.63) is 0 Å². The molecule has 1 amide bonds. The minimum atomic E-state index is -0.785. The molecule has 0 aliphatic rings. The van der Waals surface area contributed by atoms with Crippen LogP contribution in [0.3, 0.4) is 0 Å². The summed E-state index contributed by atoms with van der Waals surface area (Å²) < 4.78 is 0. The van der Waals surface area contributed by atoms with Gasteiger partial charge < -0.3 is 10.0 Å². The predicted molar refractivity (Wildman–Crippen MR) is 83.7 cm³/mol. The van der Waals surface area contributed by atoms with Gasteiger partial charge >= 0.3 is 5.97 Å². The van der Waals surface area contributed by atoms with Crippen molar-refractivity contribution in [2.75, 3.05) is 13.6 Å². The van der Waals surface area contributed by atoms with E-state index in [4.69, 9.17) is 5.11 Å². The topological polar surface area (TPSA) is 57.6 Å². The van der Waals surface area contributed by atoms with Crippen molar-refractivity contribution in [1.29, 1.82) is 0 Å². The summed E-state index contributed by atoms with van der Waals surface area (Å²) in [6.45, 7) is 10.8. The lowest BCUT2D eigenvalue weighted by Gasteiger charge is -2.18. The summed E-state index contributed by atoms with van der Waals surface area (Å²) in [5.41, 5.74) is 0. The van der Waals surface area contributed by atoms with Gasteiger partial charge in [0.25, 0.3) is 0 Å². The fourth-order valence-electron chi connectivity index (χ4n) is 1.74. The number of carboxylic acids is 1. The monoisotopic (exact) mass is 287 g/mol. The highest BCUT2D eigenvalue weighted by Gasteiger charge is 2.13. The number of carbonyl (C=O) groups excluding carboxylic acids is 1. The van der Waals surface area contributed by atoms with Gasteiger partial charge in [0.1, 0.15) is 0 Å². The predicted octanol–water partition coefficient (Wildman–Crippen LogP) is 3.80. The second-order valence-corrected chi connectivity index (χ2v) is 5.48. The third-order valence-electron chi connectivity index (χ3n) is 3.15. The standard InChI is InChI=1S/C14H27NO3.C2H6/c1-11(2)7-6-10-15(4)13(16)9-5-8-12(3)14(17)18;1-2/h11-12H,5-10H2,1-4H3,(H,17,18);1-2H3. The van der Waals surface area contributed by atoms with Crippen LogP contribution in [0.1, 0.15) is 66.7 Å². The molecule has 1 atom stereocenters. The third kappa shape index (κ3) is 12.0. The van der Waals surface area contributed by atoms with Crippen molar-refractivity contribution in [3.63, 3.8) is 0 Å². The molecule has 4 nitrogen and oxygen atoms in total. The maximum atomic E-state index is 11.7. The Balaban J connectivity index is 0. The van der Waals surface area contributed by atoms with Crippen LogP contribution in [0.25, 0.3) is 0 Å². The van der Waals surface area contributed by atoms with E-state index in [9.17, 15) is 9.59 Å². The van der Waals surface area contributed by atoms with E-state index >= 15 is 0 Å². The van der Waals surface area contributed by atoms with Crippen LogP contribution in [-0.4, -0.2) is 35.5 Å². The minimum Gasteiger partial charge on any atom is -0.481 e. The molecule has 1 N–H and O–H groups in total. The number of carboxylic acid groups (broad SMARTS) is 1. The number of hydrogen-bond donors (Lipinski definition) is 1. The molecule has 0 aromatic heterocycles. The van der Waals surface area contributed by atoms with E-state index in [-0.39, 0.29) is 11.8 Å². The zero-order chi connectivity index (χ0) is 16.1. The molecular formula is C16H33NO3. The van der Waals surface area contributed by atoms with Crippen LogP contribution in [0, 0.1) is 11.8 Å². The van der Waals surface area contributed by atoms with E-state index in [1.165, 1.54) is 0 Å². The first-order chi connectivity index (χ1) is 9.34. The van der Waals surface area contributed by atoms with Crippen LogP contribution < -0.4 is 0 Å². The van der Waals surface area contributed by atoms with Crippen molar-refractivity contribution >= 4 is 11.9 Å². The summed E-state index contributed by atoms with van der Waals surface area (Å²) in [6, 6.07) is 0. The molecule has 0 saturated carbocycles. The molecule has 0 aliphatic heterocycles. The third-order valence-corrected chi connectivity index (χ3v) is 3.15. The Labute approximate surface area is 124 Å². The molecule has 0 aliphatic carbocycles. The van der Waals surface area contributed by atoms with Crippen LogP contribution in [0.2, 0.25) is 0 Å². The van der Waals surface area contributed by atoms with Gasteiger partial charge in [0.2, 0.25) is 5.91 Å². The van der Waals surface area contributed by atoms with Crippen molar-refractivity contribution in [2.45, 2.75) is 66.7 Å². The molecule has 0 aromatic rings. The van der Waals surface area contributed by atoms with Crippen LogP contribution in [-0.2, 0) is 9.59 Å². The lowest BCUT2D eigenvalue weighted by Crippen LogP contribution is -2.27. The SMILES string of the molecule is CC.CC(C)CCCN(C)C(=O)CCCC(C)C(=O)O. The Morgan fingerprint density at radius 3 is 2.05 bits per heavy atom. The molecule has 20 heavy (non-hydrogen) atoms. The van der Waals surface area contributed by atoms with Gasteiger partial charge in [0, 0.05) is 20.0 Å². The summed E-state index contributed by atoms with van der Waals surface area (Å²) in [5, 5.41) is 8.73. The van der Waals surface area contributed by atoms with Crippen molar-refractivity contribution in [1.82, 2.24) is 4.90 Å². The van der Waals surface area contributed by atoms with Crippen molar-refractivity contribution in [3.8, 4) is 0 Å². The van der Waals surface area contributed by atoms with Crippen molar-refractivity contribution in [2.24, 2.45) is 11.8 Å². The first-order valence-electron chi connectivity index (χ1n) is 7.81. The van der Waals surface area contributed by atoms with Crippen LogP contribution >= 0.6 is 0 Å². The Bertz CT molecular complexity index is 264. The quantitative estimate of drug-likeness (QED) is 0.701. The lowest BCUT2D eigenvalue weighted by molar-refractivity contribution is -0.141. The second-order valence-electron chi connectivity index (χ2n) is 5.48. The molecule has 0 saturated heterocycles. The van der Waals surface area contributed by atoms with Crippen LogP contribution in [0.4, 0.5) is 0 Å². The number of nitrogens with zero attached hydrogens (tertiary/aromatic N) is 1. The highest BCUT2D eigenvalue weighted by Crippen LogP contribution is 2.10. The molecular weight excluding hydrogens is 254 g/mol. The van der Waals surface area contributed by atoms with Crippen molar-refractivity contribution < 1.29 is 14.7 Å². The van der Waals surface area contributed by atoms with Gasteiger partial charge in [-0.2, -0.15) is 0 Å². The molecule has 1 unspecified atom stereocenters. The summed E-state index contributed by atoms with van der Waals surface area (Å²) in [5.74, 6) is -0.349. The Hall–Kier alpha value is -1.06. The number of hydrogen-bond acceptors (Lipinski definition) is 2. The van der Waals surface area contributed by atoms with E-state index in [0.717, 1.165) is 19.4 Å². The Kier molecular flexibility index (Phi) is 13.8. The van der Waals surface area contributed by atoms with E-state index in [0.29, 0.717) is 25.2 Å². The number of aliphatic carboxylic acids is 1. The van der Waals surface area contributed by atoms with E-state index in [1.807, 2.05) is 20.9 Å². The number of carbonyl (C=O) groups is 2. The fraction of sp³-hybridized carbons (Fsp3) is 0.875. The zero-order valence-electron chi connectivity index (χ0n) is 14.1. The highest BCUT2D eigenvalue weighted by atomic mass is 16.4.